The van der Waals surface area contributed by atoms with Crippen molar-refractivity contribution < 1.29 is 19.1 Å². The summed E-state index contributed by atoms with van der Waals surface area (Å²) in [7, 11) is 0. The molecule has 0 radical (unpaired) electrons. The zero-order chi connectivity index (χ0) is 17.9. The lowest BCUT2D eigenvalue weighted by Crippen LogP contribution is -2.53. The number of ketones is 1. The van der Waals surface area contributed by atoms with E-state index in [4.69, 9.17) is 9.47 Å². The van der Waals surface area contributed by atoms with Crippen molar-refractivity contribution >= 4 is 17.4 Å². The molecule has 2 aliphatic heterocycles. The molecular formula is C19H21N3O4. The highest BCUT2D eigenvalue weighted by atomic mass is 16.5. The Morgan fingerprint density at radius 3 is 2.69 bits per heavy atom. The van der Waals surface area contributed by atoms with Gasteiger partial charge in [-0.15, -0.1) is 0 Å². The molecule has 1 aromatic heterocycles. The molecule has 1 unspecified atom stereocenters. The zero-order valence-corrected chi connectivity index (χ0v) is 14.4. The third-order valence-corrected chi connectivity index (χ3v) is 4.69. The lowest BCUT2D eigenvalue weighted by atomic mass is 10.1. The van der Waals surface area contributed by atoms with E-state index in [9.17, 15) is 9.59 Å². The second kappa shape index (κ2) is 7.21. The number of carbonyl (C=O) groups excluding carboxylic acids is 2. The number of nitrogens with one attached hydrogen (secondary N) is 1. The van der Waals surface area contributed by atoms with Crippen molar-refractivity contribution in [1.29, 1.82) is 0 Å². The number of aromatic amines is 1. The first kappa shape index (κ1) is 16.7. The first-order valence-electron chi connectivity index (χ1n) is 8.76. The normalized spacial score (nSPS) is 19.6. The van der Waals surface area contributed by atoms with Crippen LogP contribution in [0.4, 0.5) is 5.69 Å². The Morgan fingerprint density at radius 2 is 1.92 bits per heavy atom. The van der Waals surface area contributed by atoms with Gasteiger partial charge >= 0.3 is 0 Å². The van der Waals surface area contributed by atoms with Crippen LogP contribution >= 0.6 is 0 Å². The van der Waals surface area contributed by atoms with Gasteiger partial charge < -0.3 is 24.3 Å². The smallest absolute Gasteiger partial charge is 0.265 e. The molecule has 0 spiro atoms. The van der Waals surface area contributed by atoms with Gasteiger partial charge in [0.25, 0.3) is 5.91 Å². The van der Waals surface area contributed by atoms with Crippen LogP contribution in [-0.2, 0) is 9.53 Å². The van der Waals surface area contributed by atoms with Gasteiger partial charge in [0.2, 0.25) is 0 Å². The number of ether oxygens (including phenoxy) is 2. The number of anilines is 1. The molecule has 1 aromatic carbocycles. The highest BCUT2D eigenvalue weighted by Gasteiger charge is 2.34. The molecule has 1 saturated heterocycles. The van der Waals surface area contributed by atoms with Crippen LogP contribution in [0.25, 0.3) is 0 Å². The average molecular weight is 355 g/mol. The van der Waals surface area contributed by atoms with Gasteiger partial charge in [-0.2, -0.15) is 0 Å². The highest BCUT2D eigenvalue weighted by Crippen LogP contribution is 2.33. The predicted octanol–water partition coefficient (Wildman–Crippen LogP) is 1.32. The standard InChI is InChI=1S/C19H21N3O4/c23-16(14-4-3-7-20-14)12-22-13-18(19(24)21-8-10-25-11-9-21)26-17-6-2-1-5-15(17)22/h1-7,18,20H,8-13H2. The fourth-order valence-electron chi connectivity index (χ4n) is 3.34. The molecule has 0 aliphatic carbocycles. The lowest BCUT2D eigenvalue weighted by molar-refractivity contribution is -0.142. The summed E-state index contributed by atoms with van der Waals surface area (Å²) >= 11 is 0. The number of aromatic nitrogens is 1. The number of nitrogens with zero attached hydrogens (tertiary/aromatic N) is 2. The number of amides is 1. The number of para-hydroxylation sites is 2. The van der Waals surface area contributed by atoms with E-state index in [1.54, 1.807) is 23.2 Å². The van der Waals surface area contributed by atoms with E-state index in [1.807, 2.05) is 29.2 Å². The summed E-state index contributed by atoms with van der Waals surface area (Å²) in [5.74, 6) is 0.550. The van der Waals surface area contributed by atoms with E-state index in [0.29, 0.717) is 44.3 Å². The number of rotatable bonds is 4. The summed E-state index contributed by atoms with van der Waals surface area (Å²) in [6, 6.07) is 11.1. The number of benzene rings is 1. The van der Waals surface area contributed by atoms with Gasteiger partial charge in [-0.05, 0) is 24.3 Å². The van der Waals surface area contributed by atoms with Crippen molar-refractivity contribution in [3.63, 3.8) is 0 Å². The molecule has 7 heteroatoms. The summed E-state index contributed by atoms with van der Waals surface area (Å²) < 4.78 is 11.3. The third-order valence-electron chi connectivity index (χ3n) is 4.69. The van der Waals surface area contributed by atoms with Gasteiger partial charge in [0.1, 0.15) is 5.75 Å². The molecule has 1 N–H and O–H groups in total. The minimum atomic E-state index is -0.626. The summed E-state index contributed by atoms with van der Waals surface area (Å²) in [4.78, 5) is 32.0. The van der Waals surface area contributed by atoms with Crippen LogP contribution in [-0.4, -0.2) is 67.1 Å². The van der Waals surface area contributed by atoms with Crippen molar-refractivity contribution in [3.8, 4) is 5.75 Å². The van der Waals surface area contributed by atoms with E-state index < -0.39 is 6.10 Å². The Morgan fingerprint density at radius 1 is 1.12 bits per heavy atom. The molecule has 7 nitrogen and oxygen atoms in total. The number of H-pyrrole nitrogens is 1. The van der Waals surface area contributed by atoms with Gasteiger partial charge in [0.05, 0.1) is 37.7 Å². The lowest BCUT2D eigenvalue weighted by Gasteiger charge is -2.38. The fourth-order valence-corrected chi connectivity index (χ4v) is 3.34. The van der Waals surface area contributed by atoms with Gasteiger partial charge in [-0.3, -0.25) is 9.59 Å². The minimum absolute atomic E-state index is 0.0238. The molecule has 1 amide bonds. The van der Waals surface area contributed by atoms with Crippen LogP contribution in [0.15, 0.2) is 42.6 Å². The number of Topliss-reactive ketones (excluding diaryl/α,β-unsaturated/α-hetero) is 1. The number of fused-ring (bicyclic) bond motifs is 1. The average Bonchev–Trinajstić information content (AvgIpc) is 3.23. The number of hydrogen-bond acceptors (Lipinski definition) is 5. The van der Waals surface area contributed by atoms with Crippen molar-refractivity contribution in [1.82, 2.24) is 9.88 Å². The molecular weight excluding hydrogens is 334 g/mol. The monoisotopic (exact) mass is 355 g/mol. The first-order chi connectivity index (χ1) is 12.7. The molecule has 26 heavy (non-hydrogen) atoms. The third kappa shape index (κ3) is 3.30. The molecule has 0 saturated carbocycles. The van der Waals surface area contributed by atoms with E-state index in [1.165, 1.54) is 0 Å². The van der Waals surface area contributed by atoms with Crippen molar-refractivity contribution in [3.05, 3.63) is 48.3 Å². The number of morpholine rings is 1. The molecule has 2 aromatic rings. The van der Waals surface area contributed by atoms with Crippen molar-refractivity contribution in [2.45, 2.75) is 6.10 Å². The molecule has 1 atom stereocenters. The second-order valence-corrected chi connectivity index (χ2v) is 6.40. The van der Waals surface area contributed by atoms with Crippen LogP contribution < -0.4 is 9.64 Å². The summed E-state index contributed by atoms with van der Waals surface area (Å²) in [6.45, 7) is 2.77. The van der Waals surface area contributed by atoms with E-state index in [2.05, 4.69) is 4.98 Å². The van der Waals surface area contributed by atoms with Gasteiger partial charge in [0.15, 0.2) is 11.9 Å². The van der Waals surface area contributed by atoms with Crippen LogP contribution in [0.2, 0.25) is 0 Å². The van der Waals surface area contributed by atoms with Crippen molar-refractivity contribution in [2.75, 3.05) is 44.3 Å². The van der Waals surface area contributed by atoms with E-state index >= 15 is 0 Å². The molecule has 4 rings (SSSR count). The number of carbonyl (C=O) groups is 2. The van der Waals surface area contributed by atoms with Gasteiger partial charge in [-0.25, -0.2) is 0 Å². The molecule has 0 bridgehead atoms. The Balaban J connectivity index is 1.54. The van der Waals surface area contributed by atoms with Crippen LogP contribution in [0.1, 0.15) is 10.5 Å². The summed E-state index contributed by atoms with van der Waals surface area (Å²) in [6.07, 6.45) is 1.10. The maximum Gasteiger partial charge on any atom is 0.265 e. The molecule has 3 heterocycles. The van der Waals surface area contributed by atoms with E-state index in [-0.39, 0.29) is 18.2 Å². The topological polar surface area (TPSA) is 74.9 Å². The van der Waals surface area contributed by atoms with Crippen LogP contribution in [0.5, 0.6) is 5.75 Å². The second-order valence-electron chi connectivity index (χ2n) is 6.40. The SMILES string of the molecule is O=C(CN1CC(C(=O)N2CCOCC2)Oc2ccccc21)c1ccc[nH]1. The maximum atomic E-state index is 12.9. The van der Waals surface area contributed by atoms with Gasteiger partial charge in [-0.1, -0.05) is 12.1 Å². The quantitative estimate of drug-likeness (QED) is 0.838. The Bertz CT molecular complexity index is 784. The maximum absolute atomic E-state index is 12.9. The minimum Gasteiger partial charge on any atom is -0.477 e. The zero-order valence-electron chi connectivity index (χ0n) is 14.4. The predicted molar refractivity (Wildman–Crippen MR) is 95.6 cm³/mol. The number of hydrogen-bond donors (Lipinski definition) is 1. The Labute approximate surface area is 151 Å². The Hall–Kier alpha value is -2.80. The van der Waals surface area contributed by atoms with Gasteiger partial charge in [0, 0.05) is 19.3 Å². The van der Waals surface area contributed by atoms with Crippen LogP contribution in [0, 0.1) is 0 Å². The summed E-state index contributed by atoms with van der Waals surface area (Å²) in [5.41, 5.74) is 1.39. The molecule has 136 valence electrons. The molecule has 1 fully saturated rings. The fraction of sp³-hybridized carbons (Fsp3) is 0.368. The largest absolute Gasteiger partial charge is 0.477 e. The highest BCUT2D eigenvalue weighted by molar-refractivity contribution is 5.98. The molecule has 2 aliphatic rings. The summed E-state index contributed by atoms with van der Waals surface area (Å²) in [5, 5.41) is 0. The van der Waals surface area contributed by atoms with E-state index in [0.717, 1.165) is 5.69 Å². The Kier molecular flexibility index (Phi) is 4.62. The van der Waals surface area contributed by atoms with Crippen molar-refractivity contribution in [2.24, 2.45) is 0 Å². The van der Waals surface area contributed by atoms with Crippen LogP contribution in [0.3, 0.4) is 0 Å². The first-order valence-corrected chi connectivity index (χ1v) is 8.76.